The normalized spacial score (nSPS) is 20.4. The van der Waals surface area contributed by atoms with E-state index < -0.39 is 45.1 Å². The van der Waals surface area contributed by atoms with E-state index in [4.69, 9.17) is 14.2 Å². The number of hydrogen-bond donors (Lipinski definition) is 3. The second-order valence-electron chi connectivity index (χ2n) is 6.34. The summed E-state index contributed by atoms with van der Waals surface area (Å²) in [5.41, 5.74) is 0.231. The minimum atomic E-state index is -4.34. The third-order valence-corrected chi connectivity index (χ3v) is 7.75. The Hall–Kier alpha value is -2.26. The summed E-state index contributed by atoms with van der Waals surface area (Å²) in [6, 6.07) is 1.04. The summed E-state index contributed by atoms with van der Waals surface area (Å²) in [5.74, 6) is -2.91. The summed E-state index contributed by atoms with van der Waals surface area (Å²) >= 11 is 3.35. The van der Waals surface area contributed by atoms with Crippen molar-refractivity contribution in [1.82, 2.24) is 20.4 Å². The number of thioether (sulfide) groups is 3. The van der Waals surface area contributed by atoms with E-state index in [2.05, 4.69) is 15.5 Å². The minimum absolute atomic E-state index is 0.0159. The van der Waals surface area contributed by atoms with Crippen molar-refractivity contribution in [2.75, 3.05) is 23.0 Å². The Kier molecular flexibility index (Phi) is 7.71. The fraction of sp³-hybridized carbons (Fsp3) is 0.467. The molecule has 0 aliphatic carbocycles. The van der Waals surface area contributed by atoms with Gasteiger partial charge in [0.05, 0.1) is 17.6 Å². The summed E-state index contributed by atoms with van der Waals surface area (Å²) in [6.45, 7) is 0. The maximum atomic E-state index is 12.5. The number of nitriles is 1. The molecule has 2 aliphatic heterocycles. The van der Waals surface area contributed by atoms with Gasteiger partial charge in [0.1, 0.15) is 17.1 Å². The van der Waals surface area contributed by atoms with E-state index in [1.165, 1.54) is 11.8 Å². The molecule has 32 heavy (non-hydrogen) atoms. The molecule has 1 aromatic heterocycles. The van der Waals surface area contributed by atoms with Gasteiger partial charge in [0.2, 0.25) is 11.8 Å². The average Bonchev–Trinajstić information content (AvgIpc) is 3.15. The van der Waals surface area contributed by atoms with Crippen LogP contribution in [0.4, 0.5) is 0 Å². The number of carboxylic acid groups (broad SMARTS) is 1. The van der Waals surface area contributed by atoms with Gasteiger partial charge in [0, 0.05) is 11.5 Å². The van der Waals surface area contributed by atoms with Gasteiger partial charge in [-0.15, -0.1) is 33.7 Å². The number of carboxylic acids is 1. The second kappa shape index (κ2) is 10.1. The summed E-state index contributed by atoms with van der Waals surface area (Å²) in [6.07, 6.45) is 0. The predicted octanol–water partition coefficient (Wildman–Crippen LogP) is -0.455. The van der Waals surface area contributed by atoms with Crippen LogP contribution in [-0.4, -0.2) is 85.4 Å². The molecule has 2 aliphatic rings. The summed E-state index contributed by atoms with van der Waals surface area (Å²) in [4.78, 5) is 37.4. The van der Waals surface area contributed by atoms with E-state index >= 15 is 0 Å². The number of carbonyl (C=O) groups is 3. The first-order chi connectivity index (χ1) is 15.1. The lowest BCUT2D eigenvalue weighted by Gasteiger charge is -2.49. The second-order valence-corrected chi connectivity index (χ2v) is 10.8. The van der Waals surface area contributed by atoms with E-state index in [1.807, 2.05) is 6.07 Å². The zero-order valence-electron chi connectivity index (χ0n) is 16.0. The number of rotatable bonds is 10. The third-order valence-electron chi connectivity index (χ3n) is 4.09. The number of aliphatic carboxylic acids is 1. The molecule has 1 aromatic rings. The van der Waals surface area contributed by atoms with Crippen LogP contribution in [0.3, 0.4) is 0 Å². The van der Waals surface area contributed by atoms with Gasteiger partial charge in [-0.2, -0.15) is 13.7 Å². The first kappa shape index (κ1) is 24.4. The van der Waals surface area contributed by atoms with Gasteiger partial charge in [0.15, 0.2) is 5.75 Å². The van der Waals surface area contributed by atoms with E-state index in [-0.39, 0.29) is 39.8 Å². The molecule has 0 saturated carbocycles. The standard InChI is InChI=1S/C15H15N5O8S4/c16-1-2-29-5-8(21)17-10-12(22)20-11(14(23)24)7(3-30-13(10)20)4-31-15-19-18-9(28-15)6-32(25,26)27/h10,13H,2-6H2,(H,17,21)(H,23,24)(H,25,26,27)/t10?,13-/m1/s1. The first-order valence-corrected chi connectivity index (χ1v) is 13.4. The molecular weight excluding hydrogens is 506 g/mol. The van der Waals surface area contributed by atoms with Gasteiger partial charge in [-0.25, -0.2) is 4.79 Å². The van der Waals surface area contributed by atoms with Crippen LogP contribution in [0, 0.1) is 11.3 Å². The quantitative estimate of drug-likeness (QED) is 0.154. The first-order valence-electron chi connectivity index (χ1n) is 8.65. The van der Waals surface area contributed by atoms with Crippen molar-refractivity contribution in [1.29, 1.82) is 5.26 Å². The van der Waals surface area contributed by atoms with Crippen molar-refractivity contribution in [3.8, 4) is 6.07 Å². The predicted molar refractivity (Wildman–Crippen MR) is 113 cm³/mol. The van der Waals surface area contributed by atoms with Crippen LogP contribution >= 0.6 is 35.3 Å². The molecule has 172 valence electrons. The van der Waals surface area contributed by atoms with E-state index in [9.17, 15) is 27.9 Å². The molecule has 1 unspecified atom stereocenters. The lowest BCUT2D eigenvalue weighted by molar-refractivity contribution is -0.150. The summed E-state index contributed by atoms with van der Waals surface area (Å²) in [7, 11) is -4.34. The highest BCUT2D eigenvalue weighted by atomic mass is 32.2. The third kappa shape index (κ3) is 5.75. The van der Waals surface area contributed by atoms with Crippen LogP contribution in [0.15, 0.2) is 20.9 Å². The number of hydrogen-bond acceptors (Lipinski definition) is 12. The van der Waals surface area contributed by atoms with Crippen molar-refractivity contribution in [2.45, 2.75) is 22.4 Å². The Morgan fingerprint density at radius 1 is 1.41 bits per heavy atom. The van der Waals surface area contributed by atoms with Crippen molar-refractivity contribution in [2.24, 2.45) is 0 Å². The van der Waals surface area contributed by atoms with Gasteiger partial charge < -0.3 is 14.8 Å². The van der Waals surface area contributed by atoms with Crippen molar-refractivity contribution in [3.05, 3.63) is 17.2 Å². The lowest BCUT2D eigenvalue weighted by Crippen LogP contribution is -2.70. The molecule has 0 bridgehead atoms. The monoisotopic (exact) mass is 521 g/mol. The molecule has 3 rings (SSSR count). The SMILES string of the molecule is N#CCSCC(=O)NC1C(=O)N2C(C(=O)O)=C(CSc3nnc(CS(=O)(=O)O)o3)CS[C@H]12. The fourth-order valence-corrected chi connectivity index (χ4v) is 6.01. The van der Waals surface area contributed by atoms with Crippen molar-refractivity contribution < 1.29 is 36.9 Å². The van der Waals surface area contributed by atoms with Gasteiger partial charge in [-0.1, -0.05) is 11.8 Å². The van der Waals surface area contributed by atoms with Crippen LogP contribution in [0.25, 0.3) is 0 Å². The largest absolute Gasteiger partial charge is 0.477 e. The Morgan fingerprint density at radius 2 is 2.16 bits per heavy atom. The lowest BCUT2D eigenvalue weighted by atomic mass is 10.0. The van der Waals surface area contributed by atoms with E-state index in [0.29, 0.717) is 5.57 Å². The smallest absolute Gasteiger partial charge is 0.352 e. The van der Waals surface area contributed by atoms with Gasteiger partial charge >= 0.3 is 5.97 Å². The molecule has 1 saturated heterocycles. The van der Waals surface area contributed by atoms with Crippen LogP contribution < -0.4 is 5.32 Å². The molecular formula is C15H15N5O8S4. The van der Waals surface area contributed by atoms with Crippen LogP contribution in [0.2, 0.25) is 0 Å². The van der Waals surface area contributed by atoms with Crippen molar-refractivity contribution in [3.63, 3.8) is 0 Å². The maximum absolute atomic E-state index is 12.5. The average molecular weight is 522 g/mol. The zero-order valence-corrected chi connectivity index (χ0v) is 19.2. The number of β-lactam (4-membered cyclic amide) rings is 1. The van der Waals surface area contributed by atoms with Crippen LogP contribution in [0.5, 0.6) is 0 Å². The van der Waals surface area contributed by atoms with E-state index in [0.717, 1.165) is 28.4 Å². The molecule has 2 amide bonds. The highest BCUT2D eigenvalue weighted by Crippen LogP contribution is 2.41. The van der Waals surface area contributed by atoms with Gasteiger partial charge in [-0.3, -0.25) is 19.0 Å². The molecule has 0 spiro atoms. The number of aromatic nitrogens is 2. The van der Waals surface area contributed by atoms with E-state index in [1.54, 1.807) is 0 Å². The Bertz CT molecular complexity index is 1110. The number of nitrogens with one attached hydrogen (secondary N) is 1. The molecule has 13 nitrogen and oxygen atoms in total. The number of nitrogens with zero attached hydrogens (tertiary/aromatic N) is 4. The highest BCUT2D eigenvalue weighted by molar-refractivity contribution is 8.01. The fourth-order valence-electron chi connectivity index (χ4n) is 2.86. The molecule has 1 fully saturated rings. The van der Waals surface area contributed by atoms with Gasteiger partial charge in [0.25, 0.3) is 21.2 Å². The minimum Gasteiger partial charge on any atom is -0.477 e. The zero-order chi connectivity index (χ0) is 23.5. The molecule has 17 heteroatoms. The Balaban J connectivity index is 1.65. The number of amides is 2. The summed E-state index contributed by atoms with van der Waals surface area (Å²) < 4.78 is 35.6. The Morgan fingerprint density at radius 3 is 2.81 bits per heavy atom. The topological polar surface area (TPSA) is 204 Å². The van der Waals surface area contributed by atoms with Crippen LogP contribution in [0.1, 0.15) is 5.89 Å². The van der Waals surface area contributed by atoms with Crippen molar-refractivity contribution >= 4 is 63.2 Å². The molecule has 3 N–H and O–H groups in total. The Labute approximate surface area is 194 Å². The molecule has 0 aromatic carbocycles. The number of fused-ring (bicyclic) bond motifs is 1. The number of carbonyl (C=O) groups excluding carboxylic acids is 2. The molecule has 2 atom stereocenters. The van der Waals surface area contributed by atoms with Gasteiger partial charge in [-0.05, 0) is 5.57 Å². The maximum Gasteiger partial charge on any atom is 0.352 e. The highest BCUT2D eigenvalue weighted by Gasteiger charge is 2.54. The summed E-state index contributed by atoms with van der Waals surface area (Å²) in [5, 5.41) is 27.3. The molecule has 0 radical (unpaired) electrons. The molecule has 3 heterocycles. The van der Waals surface area contributed by atoms with Crippen LogP contribution in [-0.2, 0) is 30.3 Å².